The SMILES string of the molecule is C[C@@H](O)[C@H]1O[C@@H](n2cnc(=O)[nH]c2=O)[C@@](F)(C#CCl)C1O. The molecule has 114 valence electrons. The summed E-state index contributed by atoms with van der Waals surface area (Å²) in [5, 5.41) is 21.3. The maximum atomic E-state index is 14.9. The lowest BCUT2D eigenvalue weighted by atomic mass is 9.95. The van der Waals surface area contributed by atoms with Crippen molar-refractivity contribution < 1.29 is 19.3 Å². The second kappa shape index (κ2) is 5.57. The van der Waals surface area contributed by atoms with Gasteiger partial charge in [-0.25, -0.2) is 14.0 Å². The van der Waals surface area contributed by atoms with Crippen LogP contribution in [0.2, 0.25) is 0 Å². The van der Waals surface area contributed by atoms with Gasteiger partial charge < -0.3 is 14.9 Å². The molecule has 0 saturated carbocycles. The molecule has 1 aromatic rings. The number of aromatic amines is 1. The summed E-state index contributed by atoms with van der Waals surface area (Å²) in [5.41, 5.74) is -4.68. The van der Waals surface area contributed by atoms with Crippen molar-refractivity contribution in [2.24, 2.45) is 0 Å². The van der Waals surface area contributed by atoms with Crippen LogP contribution >= 0.6 is 11.6 Å². The van der Waals surface area contributed by atoms with E-state index in [2.05, 4.69) is 4.98 Å². The Morgan fingerprint density at radius 2 is 2.33 bits per heavy atom. The van der Waals surface area contributed by atoms with Crippen LogP contribution in [0.5, 0.6) is 0 Å². The van der Waals surface area contributed by atoms with E-state index in [0.717, 1.165) is 6.33 Å². The Morgan fingerprint density at radius 1 is 1.67 bits per heavy atom. The number of hydrogen-bond donors (Lipinski definition) is 3. The third-order valence-electron chi connectivity index (χ3n) is 3.10. The van der Waals surface area contributed by atoms with Crippen LogP contribution in [-0.4, -0.2) is 48.7 Å². The lowest BCUT2D eigenvalue weighted by molar-refractivity contribution is -0.0807. The topological polar surface area (TPSA) is 117 Å². The fourth-order valence-electron chi connectivity index (χ4n) is 2.08. The van der Waals surface area contributed by atoms with Gasteiger partial charge in [0.1, 0.15) is 18.5 Å². The smallest absolute Gasteiger partial charge is 0.350 e. The summed E-state index contributed by atoms with van der Waals surface area (Å²) in [5.74, 6) is 1.93. The zero-order valence-electron chi connectivity index (χ0n) is 10.7. The molecular weight excluding hydrogens is 309 g/mol. The molecule has 0 bridgehead atoms. The number of rotatable bonds is 2. The fourth-order valence-corrected chi connectivity index (χ4v) is 2.23. The highest BCUT2D eigenvalue weighted by Gasteiger charge is 2.59. The minimum Gasteiger partial charge on any atom is -0.391 e. The Labute approximate surface area is 122 Å². The molecule has 1 saturated heterocycles. The second-order valence-electron chi connectivity index (χ2n) is 4.51. The molecule has 10 heteroatoms. The molecule has 21 heavy (non-hydrogen) atoms. The number of nitrogens with zero attached hydrogens (tertiary/aromatic N) is 2. The number of aromatic nitrogens is 3. The van der Waals surface area contributed by atoms with Gasteiger partial charge in [0.05, 0.1) is 6.10 Å². The zero-order valence-corrected chi connectivity index (χ0v) is 11.4. The number of ether oxygens (including phenoxy) is 1. The average Bonchev–Trinajstić information content (AvgIpc) is 2.64. The first-order chi connectivity index (χ1) is 9.81. The minimum absolute atomic E-state index is 0.619. The molecule has 5 atom stereocenters. The molecule has 2 rings (SSSR count). The van der Waals surface area contributed by atoms with Crippen LogP contribution in [0.3, 0.4) is 0 Å². The van der Waals surface area contributed by atoms with Crippen molar-refractivity contribution in [3.05, 3.63) is 27.3 Å². The van der Waals surface area contributed by atoms with Crippen LogP contribution < -0.4 is 11.4 Å². The van der Waals surface area contributed by atoms with E-state index in [1.54, 1.807) is 5.38 Å². The third-order valence-corrected chi connectivity index (χ3v) is 3.20. The molecule has 1 aromatic heterocycles. The standard InChI is InChI=1S/C11H11ClFN3O5/c1-5(17)6-7(18)11(13,2-3-12)8(21-6)16-4-14-9(19)15-10(16)20/h4-8,17-18H,1H3,(H,15,19,20)/t5-,6-,7?,8-,11-/m1/s1. The zero-order chi connectivity index (χ0) is 15.8. The first-order valence-corrected chi connectivity index (χ1v) is 6.20. The fraction of sp³-hybridized carbons (Fsp3) is 0.545. The Hall–Kier alpha value is -1.73. The predicted octanol–water partition coefficient (Wildman–Crippen LogP) is -1.52. The number of aliphatic hydroxyl groups is 2. The lowest BCUT2D eigenvalue weighted by Crippen LogP contribution is -2.46. The van der Waals surface area contributed by atoms with E-state index in [1.165, 1.54) is 6.92 Å². The molecule has 0 spiro atoms. The van der Waals surface area contributed by atoms with Crippen molar-refractivity contribution in [3.8, 4) is 11.3 Å². The van der Waals surface area contributed by atoms with E-state index in [4.69, 9.17) is 16.3 Å². The van der Waals surface area contributed by atoms with E-state index in [1.807, 2.05) is 10.9 Å². The summed E-state index contributed by atoms with van der Waals surface area (Å²) in [6, 6.07) is 0. The average molecular weight is 320 g/mol. The van der Waals surface area contributed by atoms with Crippen LogP contribution in [0, 0.1) is 11.3 Å². The number of hydrogen-bond acceptors (Lipinski definition) is 6. The molecule has 8 nitrogen and oxygen atoms in total. The van der Waals surface area contributed by atoms with Crippen LogP contribution in [0.15, 0.2) is 15.9 Å². The van der Waals surface area contributed by atoms with Crippen molar-refractivity contribution in [2.45, 2.75) is 37.1 Å². The van der Waals surface area contributed by atoms with Gasteiger partial charge in [-0.1, -0.05) is 0 Å². The van der Waals surface area contributed by atoms with Crippen LogP contribution in [0.1, 0.15) is 13.2 Å². The van der Waals surface area contributed by atoms with Gasteiger partial charge in [-0.05, 0) is 24.4 Å². The Kier molecular flexibility index (Phi) is 4.15. The Balaban J connectivity index is 2.56. The van der Waals surface area contributed by atoms with Crippen molar-refractivity contribution in [1.29, 1.82) is 0 Å². The third kappa shape index (κ3) is 2.58. The maximum absolute atomic E-state index is 14.9. The van der Waals surface area contributed by atoms with Gasteiger partial charge in [0.15, 0.2) is 6.23 Å². The van der Waals surface area contributed by atoms with Crippen LogP contribution in [0.4, 0.5) is 4.39 Å². The lowest BCUT2D eigenvalue weighted by Gasteiger charge is -2.23. The summed E-state index contributed by atoms with van der Waals surface area (Å²) in [6.45, 7) is 1.28. The molecule has 1 aliphatic heterocycles. The number of H-pyrrole nitrogens is 1. The Bertz CT molecular complexity index is 708. The maximum Gasteiger partial charge on any atom is 0.350 e. The van der Waals surface area contributed by atoms with E-state index in [0.29, 0.717) is 4.57 Å². The van der Waals surface area contributed by atoms with E-state index in [-0.39, 0.29) is 0 Å². The Morgan fingerprint density at radius 3 is 2.86 bits per heavy atom. The van der Waals surface area contributed by atoms with E-state index < -0.39 is 41.6 Å². The van der Waals surface area contributed by atoms with Crippen molar-refractivity contribution >= 4 is 11.6 Å². The van der Waals surface area contributed by atoms with Crippen LogP contribution in [0.25, 0.3) is 0 Å². The van der Waals surface area contributed by atoms with Gasteiger partial charge in [0, 0.05) is 5.38 Å². The summed E-state index contributed by atoms with van der Waals surface area (Å²) in [4.78, 5) is 27.7. The molecule has 1 aliphatic rings. The molecule has 1 fully saturated rings. The normalized spacial score (nSPS) is 33.3. The summed E-state index contributed by atoms with van der Waals surface area (Å²) in [7, 11) is 0. The molecular formula is C11H11ClFN3O5. The van der Waals surface area contributed by atoms with Gasteiger partial charge in [0.25, 0.3) is 0 Å². The van der Waals surface area contributed by atoms with E-state index >= 15 is 0 Å². The van der Waals surface area contributed by atoms with Gasteiger partial charge >= 0.3 is 11.4 Å². The van der Waals surface area contributed by atoms with E-state index in [9.17, 15) is 24.2 Å². The van der Waals surface area contributed by atoms with Gasteiger partial charge in [-0.2, -0.15) is 4.98 Å². The first-order valence-electron chi connectivity index (χ1n) is 5.82. The largest absolute Gasteiger partial charge is 0.391 e. The molecule has 2 heterocycles. The van der Waals surface area contributed by atoms with Crippen molar-refractivity contribution in [2.75, 3.05) is 0 Å². The van der Waals surface area contributed by atoms with Crippen molar-refractivity contribution in [1.82, 2.24) is 14.5 Å². The van der Waals surface area contributed by atoms with Gasteiger partial charge in [0.2, 0.25) is 5.67 Å². The molecule has 3 N–H and O–H groups in total. The quantitative estimate of drug-likeness (QED) is 0.570. The highest BCUT2D eigenvalue weighted by molar-refractivity contribution is 6.30. The predicted molar refractivity (Wildman–Crippen MR) is 68.2 cm³/mol. The monoisotopic (exact) mass is 319 g/mol. The number of nitrogens with one attached hydrogen (secondary N) is 1. The molecule has 0 radical (unpaired) electrons. The van der Waals surface area contributed by atoms with Crippen LogP contribution in [-0.2, 0) is 4.74 Å². The summed E-state index contributed by atoms with van der Waals surface area (Å²) >= 11 is 5.19. The highest BCUT2D eigenvalue weighted by atomic mass is 35.5. The summed E-state index contributed by atoms with van der Waals surface area (Å²) < 4.78 is 20.7. The highest BCUT2D eigenvalue weighted by Crippen LogP contribution is 2.41. The number of aliphatic hydroxyl groups excluding tert-OH is 2. The molecule has 0 aromatic carbocycles. The molecule has 0 aliphatic carbocycles. The first kappa shape index (κ1) is 15.7. The molecule has 1 unspecified atom stereocenters. The second-order valence-corrected chi connectivity index (χ2v) is 4.70. The minimum atomic E-state index is -2.76. The van der Waals surface area contributed by atoms with Crippen molar-refractivity contribution in [3.63, 3.8) is 0 Å². The van der Waals surface area contributed by atoms with Gasteiger partial charge in [-0.15, -0.1) is 0 Å². The summed E-state index contributed by atoms with van der Waals surface area (Å²) in [6.07, 6.45) is -5.39. The molecule has 0 amide bonds. The number of halogens is 2. The van der Waals surface area contributed by atoms with Gasteiger partial charge in [-0.3, -0.25) is 9.55 Å². The number of alkyl halides is 1.